The maximum Gasteiger partial charge on any atom is 0.334 e. The number of carbonyl (C=O) groups excluding carboxylic acids is 2. The SMILES string of the molecule is COC(=O)C1=C(C(=O)OC)C2CC1C=C2N=[N+]=[N-]. The largest absolute Gasteiger partial charge is 0.466 e. The number of carbonyl (C=O) groups is 2. The molecule has 0 aromatic heterocycles. The van der Waals surface area contributed by atoms with Crippen LogP contribution in [-0.4, -0.2) is 26.2 Å². The zero-order valence-electron chi connectivity index (χ0n) is 9.91. The lowest BCUT2D eigenvalue weighted by Crippen LogP contribution is -2.19. The van der Waals surface area contributed by atoms with Crippen molar-refractivity contribution in [1.29, 1.82) is 0 Å². The molecule has 0 spiro atoms. The van der Waals surface area contributed by atoms with Gasteiger partial charge in [0.25, 0.3) is 0 Å². The number of allylic oxidation sites excluding steroid dienone is 2. The minimum absolute atomic E-state index is 0.239. The molecule has 0 saturated carbocycles. The van der Waals surface area contributed by atoms with Crippen LogP contribution in [-0.2, 0) is 19.1 Å². The highest BCUT2D eigenvalue weighted by atomic mass is 16.5. The molecule has 0 aromatic rings. The van der Waals surface area contributed by atoms with E-state index in [1.54, 1.807) is 6.08 Å². The molecule has 2 rings (SSSR count). The van der Waals surface area contributed by atoms with Gasteiger partial charge in [-0.3, -0.25) is 0 Å². The van der Waals surface area contributed by atoms with E-state index in [1.165, 1.54) is 14.2 Å². The Balaban J connectivity index is 2.45. The summed E-state index contributed by atoms with van der Waals surface area (Å²) in [5.41, 5.74) is 9.48. The van der Waals surface area contributed by atoms with E-state index in [-0.39, 0.29) is 17.4 Å². The van der Waals surface area contributed by atoms with Crippen LogP contribution in [0.15, 0.2) is 28.0 Å². The Hall–Kier alpha value is -2.27. The third-order valence-corrected chi connectivity index (χ3v) is 3.20. The first-order valence-electron chi connectivity index (χ1n) is 5.31. The van der Waals surface area contributed by atoms with Gasteiger partial charge in [0.1, 0.15) is 0 Å². The normalized spacial score (nSPS) is 24.4. The molecule has 0 aliphatic heterocycles. The van der Waals surface area contributed by atoms with Crippen molar-refractivity contribution in [2.24, 2.45) is 17.0 Å². The highest BCUT2D eigenvalue weighted by Gasteiger charge is 2.46. The third kappa shape index (κ3) is 1.65. The molecule has 0 saturated heterocycles. The van der Waals surface area contributed by atoms with Gasteiger partial charge in [-0.1, -0.05) is 11.2 Å². The zero-order chi connectivity index (χ0) is 13.3. The Bertz CT molecular complexity index is 528. The summed E-state index contributed by atoms with van der Waals surface area (Å²) in [6.45, 7) is 0. The van der Waals surface area contributed by atoms with E-state index in [1.807, 2.05) is 0 Å². The van der Waals surface area contributed by atoms with E-state index in [9.17, 15) is 9.59 Å². The summed E-state index contributed by atoms with van der Waals surface area (Å²) in [4.78, 5) is 26.1. The summed E-state index contributed by atoms with van der Waals surface area (Å²) in [7, 11) is 2.50. The molecule has 7 heteroatoms. The van der Waals surface area contributed by atoms with Crippen molar-refractivity contribution >= 4 is 11.9 Å². The third-order valence-electron chi connectivity index (χ3n) is 3.20. The van der Waals surface area contributed by atoms with Gasteiger partial charge < -0.3 is 9.47 Å². The van der Waals surface area contributed by atoms with Crippen molar-refractivity contribution in [1.82, 2.24) is 0 Å². The predicted octanol–water partition coefficient (Wildman–Crippen LogP) is 1.47. The minimum Gasteiger partial charge on any atom is -0.466 e. The highest BCUT2D eigenvalue weighted by molar-refractivity contribution is 6.03. The van der Waals surface area contributed by atoms with Gasteiger partial charge in [0, 0.05) is 22.4 Å². The molecule has 0 aromatic carbocycles. The maximum atomic E-state index is 11.7. The number of ether oxygens (including phenoxy) is 2. The van der Waals surface area contributed by atoms with Crippen molar-refractivity contribution in [3.8, 4) is 0 Å². The van der Waals surface area contributed by atoms with Gasteiger partial charge in [0.2, 0.25) is 0 Å². The Labute approximate surface area is 103 Å². The van der Waals surface area contributed by atoms with Crippen LogP contribution >= 0.6 is 0 Å². The second kappa shape index (κ2) is 4.54. The number of methoxy groups -OCH3 is 2. The number of esters is 2. The van der Waals surface area contributed by atoms with Gasteiger partial charge in [-0.15, -0.1) is 0 Å². The summed E-state index contributed by atoms with van der Waals surface area (Å²) in [5, 5.41) is 3.54. The molecule has 7 nitrogen and oxygen atoms in total. The van der Waals surface area contributed by atoms with Gasteiger partial charge in [-0.2, -0.15) is 0 Å². The fourth-order valence-electron chi connectivity index (χ4n) is 2.51. The number of rotatable bonds is 3. The number of hydrogen-bond donors (Lipinski definition) is 0. The average Bonchev–Trinajstić information content (AvgIpc) is 2.94. The summed E-state index contributed by atoms with van der Waals surface area (Å²) < 4.78 is 9.34. The molecular formula is C11H11N3O4. The number of hydrogen-bond acceptors (Lipinski definition) is 5. The Morgan fingerprint density at radius 1 is 1.33 bits per heavy atom. The monoisotopic (exact) mass is 249 g/mol. The van der Waals surface area contributed by atoms with Crippen LogP contribution in [0.1, 0.15) is 6.42 Å². The smallest absolute Gasteiger partial charge is 0.334 e. The highest BCUT2D eigenvalue weighted by Crippen LogP contribution is 2.49. The second-order valence-electron chi connectivity index (χ2n) is 3.99. The predicted molar refractivity (Wildman–Crippen MR) is 59.9 cm³/mol. The van der Waals surface area contributed by atoms with Crippen LogP contribution in [0, 0.1) is 11.8 Å². The first-order valence-corrected chi connectivity index (χ1v) is 5.31. The molecule has 2 atom stereocenters. The molecular weight excluding hydrogens is 238 g/mol. The summed E-state index contributed by atoms with van der Waals surface area (Å²) in [5.74, 6) is -1.73. The fraction of sp³-hybridized carbons (Fsp3) is 0.455. The molecule has 0 radical (unpaired) electrons. The first kappa shape index (κ1) is 12.2. The quantitative estimate of drug-likeness (QED) is 0.327. The molecule has 2 aliphatic carbocycles. The molecule has 0 N–H and O–H groups in total. The van der Waals surface area contributed by atoms with E-state index < -0.39 is 11.9 Å². The topological polar surface area (TPSA) is 101 Å². The lowest BCUT2D eigenvalue weighted by atomic mass is 9.95. The van der Waals surface area contributed by atoms with Gasteiger partial charge in [-0.05, 0) is 12.0 Å². The Morgan fingerprint density at radius 3 is 2.50 bits per heavy atom. The minimum atomic E-state index is -0.582. The standard InChI is InChI=1S/C11H11N3O4/c1-17-10(15)8-5-3-6(7(4-5)13-14-12)9(8)11(16)18-2/h4-6H,3H2,1-2H3. The summed E-state index contributed by atoms with van der Waals surface area (Å²) in [6, 6.07) is 0. The van der Waals surface area contributed by atoms with E-state index >= 15 is 0 Å². The molecule has 0 fully saturated rings. The second-order valence-corrected chi connectivity index (χ2v) is 3.99. The zero-order valence-corrected chi connectivity index (χ0v) is 9.91. The first-order chi connectivity index (χ1) is 8.63. The summed E-state index contributed by atoms with van der Waals surface area (Å²) >= 11 is 0. The number of nitrogens with zero attached hydrogens (tertiary/aromatic N) is 3. The van der Waals surface area contributed by atoms with Crippen molar-refractivity contribution in [2.45, 2.75) is 6.42 Å². The van der Waals surface area contributed by atoms with Crippen LogP contribution in [0.4, 0.5) is 0 Å². The van der Waals surface area contributed by atoms with Crippen LogP contribution < -0.4 is 0 Å². The number of azide groups is 1. The molecule has 2 aliphatic rings. The van der Waals surface area contributed by atoms with Crippen LogP contribution in [0.3, 0.4) is 0 Å². The van der Waals surface area contributed by atoms with Crippen LogP contribution in [0.25, 0.3) is 10.4 Å². The van der Waals surface area contributed by atoms with Gasteiger partial charge in [-0.25, -0.2) is 9.59 Å². The lowest BCUT2D eigenvalue weighted by Gasteiger charge is -2.15. The van der Waals surface area contributed by atoms with Crippen LogP contribution in [0.2, 0.25) is 0 Å². The molecule has 2 bridgehead atoms. The fourth-order valence-corrected chi connectivity index (χ4v) is 2.51. The Morgan fingerprint density at radius 2 is 1.94 bits per heavy atom. The van der Waals surface area contributed by atoms with Crippen LogP contribution in [0.5, 0.6) is 0 Å². The molecule has 2 unspecified atom stereocenters. The average molecular weight is 249 g/mol. The van der Waals surface area contributed by atoms with E-state index in [0.717, 1.165) is 0 Å². The lowest BCUT2D eigenvalue weighted by molar-refractivity contribution is -0.139. The van der Waals surface area contributed by atoms with Crippen molar-refractivity contribution in [3.05, 3.63) is 33.4 Å². The van der Waals surface area contributed by atoms with E-state index in [0.29, 0.717) is 17.7 Å². The van der Waals surface area contributed by atoms with Crippen molar-refractivity contribution in [2.75, 3.05) is 14.2 Å². The molecule has 94 valence electrons. The maximum absolute atomic E-state index is 11.7. The summed E-state index contributed by atoms with van der Waals surface area (Å²) in [6.07, 6.45) is 2.24. The molecule has 0 heterocycles. The van der Waals surface area contributed by atoms with E-state index in [2.05, 4.69) is 19.5 Å². The molecule has 18 heavy (non-hydrogen) atoms. The van der Waals surface area contributed by atoms with Gasteiger partial charge >= 0.3 is 11.9 Å². The number of fused-ring (bicyclic) bond motifs is 2. The van der Waals surface area contributed by atoms with E-state index in [4.69, 9.17) is 5.53 Å². The van der Waals surface area contributed by atoms with Crippen molar-refractivity contribution < 1.29 is 19.1 Å². The Kier molecular flexibility index (Phi) is 3.08. The van der Waals surface area contributed by atoms with Crippen molar-refractivity contribution in [3.63, 3.8) is 0 Å². The van der Waals surface area contributed by atoms with Gasteiger partial charge in [0.05, 0.1) is 25.4 Å². The van der Waals surface area contributed by atoms with Gasteiger partial charge in [0.15, 0.2) is 0 Å². The molecule has 0 amide bonds.